The monoisotopic (exact) mass is 604 g/mol. The van der Waals surface area contributed by atoms with Crippen molar-refractivity contribution in [2.45, 2.75) is 50.2 Å². The lowest BCUT2D eigenvalue weighted by atomic mass is 9.84. The molecule has 2 atom stereocenters. The first kappa shape index (κ1) is 30.0. The molecule has 0 saturated heterocycles. The van der Waals surface area contributed by atoms with Crippen LogP contribution in [0.2, 0.25) is 0 Å². The first-order chi connectivity index (χ1) is 20.3. The third kappa shape index (κ3) is 6.63. The van der Waals surface area contributed by atoms with Gasteiger partial charge in [-0.1, -0.05) is 53.1 Å². The Morgan fingerprint density at radius 2 is 1.98 bits per heavy atom. The van der Waals surface area contributed by atoms with E-state index < -0.39 is 4.75 Å². The number of carbonyl (C=O) groups is 2. The van der Waals surface area contributed by atoms with Gasteiger partial charge >= 0.3 is 0 Å². The van der Waals surface area contributed by atoms with Gasteiger partial charge < -0.3 is 20.3 Å². The predicted molar refractivity (Wildman–Crippen MR) is 170 cm³/mol. The Labute approximate surface area is 254 Å². The van der Waals surface area contributed by atoms with E-state index in [9.17, 15) is 19.8 Å². The number of nitrogens with one attached hydrogen (secondary N) is 1. The molecule has 0 amide bonds. The van der Waals surface area contributed by atoms with E-state index in [0.29, 0.717) is 24.5 Å². The number of benzene rings is 2. The highest BCUT2D eigenvalue weighted by Crippen LogP contribution is 2.55. The lowest BCUT2D eigenvalue weighted by molar-refractivity contribution is -0.124. The highest BCUT2D eigenvalue weighted by molar-refractivity contribution is 8.77. The molecule has 2 aliphatic rings. The summed E-state index contributed by atoms with van der Waals surface area (Å²) in [6.07, 6.45) is 8.18. The molecule has 2 bridgehead atoms. The van der Waals surface area contributed by atoms with E-state index in [1.54, 1.807) is 45.9 Å². The minimum Gasteiger partial charge on any atom is -0.508 e. The molecular weight excluding hydrogens is 569 g/mol. The summed E-state index contributed by atoms with van der Waals surface area (Å²) in [5.74, 6) is 2.27. The van der Waals surface area contributed by atoms with Crippen LogP contribution >= 0.6 is 21.6 Å². The number of methoxy groups -OCH3 is 1. The zero-order chi connectivity index (χ0) is 29.7. The number of Topliss-reactive ketones (excluding diaryl/α,β-unsaturated/α-hetero) is 1. The van der Waals surface area contributed by atoms with Gasteiger partial charge in [-0.05, 0) is 83.8 Å². The van der Waals surface area contributed by atoms with Crippen molar-refractivity contribution in [3.05, 3.63) is 82.6 Å². The van der Waals surface area contributed by atoms with Gasteiger partial charge in [0.25, 0.3) is 0 Å². The Morgan fingerprint density at radius 3 is 2.76 bits per heavy atom. The van der Waals surface area contributed by atoms with E-state index in [2.05, 4.69) is 24.4 Å². The number of fused-ring (bicyclic) bond motifs is 2. The van der Waals surface area contributed by atoms with Crippen molar-refractivity contribution in [2.24, 2.45) is 5.92 Å². The van der Waals surface area contributed by atoms with Crippen molar-refractivity contribution < 1.29 is 24.5 Å². The third-order valence-corrected chi connectivity index (χ3v) is 11.3. The van der Waals surface area contributed by atoms with Crippen LogP contribution in [-0.2, 0) is 20.8 Å². The number of rotatable bonds is 3. The number of pyridine rings is 1. The third-order valence-electron chi connectivity index (χ3n) is 8.03. The summed E-state index contributed by atoms with van der Waals surface area (Å²) in [4.78, 5) is 30.2. The van der Waals surface area contributed by atoms with Gasteiger partial charge in [0.15, 0.2) is 17.3 Å². The molecule has 0 aliphatic carbocycles. The van der Waals surface area contributed by atoms with E-state index in [1.807, 2.05) is 18.3 Å². The van der Waals surface area contributed by atoms with Crippen LogP contribution in [0.5, 0.6) is 17.2 Å². The number of ketones is 2. The SMILES string of the molecule is CCC1CCC(=O)CC(=O)C=Cc2cc(OC)c(O)cc2Cc2cnc3c(c2)C(c2cccc(O)c2)(CCN3)SSC1. The molecule has 0 saturated carbocycles. The number of carbonyl (C=O) groups excluding carboxylic acids is 2. The van der Waals surface area contributed by atoms with Gasteiger partial charge in [0.1, 0.15) is 17.4 Å². The van der Waals surface area contributed by atoms with Crippen LogP contribution < -0.4 is 10.1 Å². The summed E-state index contributed by atoms with van der Waals surface area (Å²) in [5.41, 5.74) is 4.52. The first-order valence-corrected chi connectivity index (χ1v) is 16.6. The van der Waals surface area contributed by atoms with Crippen molar-refractivity contribution in [1.82, 2.24) is 4.98 Å². The molecule has 3 heterocycles. The number of aromatic hydroxyl groups is 2. The number of ether oxygens (including phenoxy) is 1. The number of aromatic nitrogens is 1. The van der Waals surface area contributed by atoms with E-state index in [4.69, 9.17) is 9.72 Å². The standard InChI is InChI=1S/C33H36N2O5S2/c1-3-21-7-9-27(37)18-28(38)10-8-23-16-31(40-2)30(39)15-24(23)13-22-14-29-32(35-19-22)34-12-11-33(29,42-41-20-21)25-5-4-6-26(36)17-25/h4-6,8,10,14-17,19,21,36,39H,3,7,9,11-13,18,20H2,1-2H3,(H,34,35). The van der Waals surface area contributed by atoms with Crippen LogP contribution in [0.1, 0.15) is 66.8 Å². The molecule has 7 nitrogen and oxygen atoms in total. The topological polar surface area (TPSA) is 109 Å². The van der Waals surface area contributed by atoms with Crippen LogP contribution in [0, 0.1) is 5.92 Å². The molecule has 0 fully saturated rings. The van der Waals surface area contributed by atoms with E-state index in [0.717, 1.165) is 65.2 Å². The number of hydrogen-bond acceptors (Lipinski definition) is 9. The highest BCUT2D eigenvalue weighted by atomic mass is 33.1. The van der Waals surface area contributed by atoms with Crippen LogP contribution in [0.3, 0.4) is 0 Å². The molecule has 0 spiro atoms. The lowest BCUT2D eigenvalue weighted by Gasteiger charge is -2.39. The van der Waals surface area contributed by atoms with Crippen LogP contribution in [0.15, 0.2) is 54.7 Å². The van der Waals surface area contributed by atoms with Gasteiger partial charge in [-0.2, -0.15) is 0 Å². The normalized spacial score (nSPS) is 21.5. The minimum absolute atomic E-state index is 0.00687. The zero-order valence-electron chi connectivity index (χ0n) is 23.9. The average Bonchev–Trinajstić information content (AvgIpc) is 2.98. The predicted octanol–water partition coefficient (Wildman–Crippen LogP) is 6.89. The summed E-state index contributed by atoms with van der Waals surface area (Å²) >= 11 is 0. The Morgan fingerprint density at radius 1 is 1.12 bits per heavy atom. The summed E-state index contributed by atoms with van der Waals surface area (Å²) in [5, 5.41) is 24.5. The van der Waals surface area contributed by atoms with Crippen molar-refractivity contribution in [3.8, 4) is 17.2 Å². The van der Waals surface area contributed by atoms with Crippen molar-refractivity contribution in [3.63, 3.8) is 0 Å². The second-order valence-corrected chi connectivity index (χ2v) is 13.5. The maximum Gasteiger partial charge on any atom is 0.163 e. The lowest BCUT2D eigenvalue weighted by Crippen LogP contribution is -2.32. The number of hydrogen-bond donors (Lipinski definition) is 3. The van der Waals surface area contributed by atoms with Crippen LogP contribution in [-0.4, -0.2) is 46.2 Å². The summed E-state index contributed by atoms with van der Waals surface area (Å²) in [6, 6.07) is 13.0. The van der Waals surface area contributed by atoms with Crippen molar-refractivity contribution in [2.75, 3.05) is 24.7 Å². The molecule has 5 rings (SSSR count). The molecule has 42 heavy (non-hydrogen) atoms. The maximum absolute atomic E-state index is 12.7. The Hall–Kier alpha value is -3.43. The average molecular weight is 605 g/mol. The van der Waals surface area contributed by atoms with E-state index >= 15 is 0 Å². The molecule has 1 aromatic heterocycles. The smallest absolute Gasteiger partial charge is 0.163 e. The number of allylic oxidation sites excluding steroid dienone is 1. The number of phenolic OH excluding ortho intramolecular Hbond substituents is 2. The first-order valence-electron chi connectivity index (χ1n) is 14.3. The minimum atomic E-state index is -0.455. The highest BCUT2D eigenvalue weighted by Gasteiger charge is 2.41. The molecule has 2 aliphatic heterocycles. The van der Waals surface area contributed by atoms with Gasteiger partial charge in [-0.25, -0.2) is 4.98 Å². The quantitative estimate of drug-likeness (QED) is 0.217. The summed E-state index contributed by atoms with van der Waals surface area (Å²) < 4.78 is 4.88. The Bertz CT molecular complexity index is 1510. The second kappa shape index (κ2) is 13.3. The van der Waals surface area contributed by atoms with Gasteiger partial charge in [0.05, 0.1) is 18.3 Å². The Kier molecular flexibility index (Phi) is 9.48. The van der Waals surface area contributed by atoms with E-state index in [1.165, 1.54) is 13.2 Å². The fraction of sp³-hybridized carbons (Fsp3) is 0.364. The van der Waals surface area contributed by atoms with Gasteiger partial charge in [-0.15, -0.1) is 0 Å². The molecule has 0 radical (unpaired) electrons. The Balaban J connectivity index is 1.63. The fourth-order valence-electron chi connectivity index (χ4n) is 5.58. The van der Waals surface area contributed by atoms with Gasteiger partial charge in [0.2, 0.25) is 0 Å². The molecule has 2 unspecified atom stereocenters. The zero-order valence-corrected chi connectivity index (χ0v) is 25.5. The molecule has 3 aromatic rings. The largest absolute Gasteiger partial charge is 0.508 e. The van der Waals surface area contributed by atoms with Gasteiger partial charge in [0, 0.05) is 30.5 Å². The maximum atomic E-state index is 12.7. The van der Waals surface area contributed by atoms with Crippen LogP contribution in [0.25, 0.3) is 6.08 Å². The number of phenols is 2. The summed E-state index contributed by atoms with van der Waals surface area (Å²) in [6.45, 7) is 2.88. The van der Waals surface area contributed by atoms with Crippen molar-refractivity contribution in [1.29, 1.82) is 0 Å². The number of anilines is 1. The molecule has 3 N–H and O–H groups in total. The summed E-state index contributed by atoms with van der Waals surface area (Å²) in [7, 11) is 5.07. The van der Waals surface area contributed by atoms with Crippen molar-refractivity contribution >= 4 is 45.0 Å². The molecule has 9 heteroatoms. The van der Waals surface area contributed by atoms with Crippen LogP contribution in [0.4, 0.5) is 5.82 Å². The fourth-order valence-corrected chi connectivity index (χ4v) is 9.29. The molecule has 220 valence electrons. The van der Waals surface area contributed by atoms with E-state index in [-0.39, 0.29) is 29.5 Å². The van der Waals surface area contributed by atoms with Gasteiger partial charge in [-0.3, -0.25) is 9.59 Å². The molecular formula is C33H36N2O5S2. The number of nitrogens with zero attached hydrogens (tertiary/aromatic N) is 1. The second-order valence-electron chi connectivity index (χ2n) is 10.9. The molecule has 2 aromatic carbocycles.